The van der Waals surface area contributed by atoms with Crippen LogP contribution < -0.4 is 11.1 Å². The lowest BCUT2D eigenvalue weighted by Gasteiger charge is -2.47. The average molecular weight is 505 g/mol. The number of rotatable bonds is 5. The zero-order chi connectivity index (χ0) is 24.1. The Bertz CT molecular complexity index is 916. The molecule has 2 aliphatic carbocycles. The summed E-state index contributed by atoms with van der Waals surface area (Å²) in [6, 6.07) is 1.15. The van der Waals surface area contributed by atoms with Gasteiger partial charge in [-0.05, 0) is 44.3 Å². The number of nitrogens with one attached hydrogen (secondary N) is 1. The Morgan fingerprint density at radius 1 is 1.12 bits per heavy atom. The molecule has 0 aromatic carbocycles. The Labute approximate surface area is 210 Å². The van der Waals surface area contributed by atoms with E-state index in [1.807, 2.05) is 13.0 Å². The Hall–Kier alpha value is -1.68. The van der Waals surface area contributed by atoms with E-state index in [9.17, 15) is 14.7 Å². The molecule has 0 radical (unpaired) electrons. The van der Waals surface area contributed by atoms with E-state index in [0.717, 1.165) is 22.7 Å². The molecule has 3 heterocycles. The molecule has 0 bridgehead atoms. The smallest absolute Gasteiger partial charge is 0.352 e. The van der Waals surface area contributed by atoms with Crippen LogP contribution in [0.25, 0.3) is 6.08 Å². The second kappa shape index (κ2) is 11.8. The maximum absolute atomic E-state index is 11.8. The number of nitrogens with zero attached hydrogens (tertiary/aromatic N) is 2. The number of aliphatic carboxylic acids is 1. The largest absolute Gasteiger partial charge is 0.477 e. The number of nitrogens with two attached hydrogens (primary N) is 1. The van der Waals surface area contributed by atoms with Crippen LogP contribution in [-0.4, -0.2) is 56.1 Å². The minimum absolute atomic E-state index is 0.0452. The topological polar surface area (TPSA) is 109 Å². The number of aryl methyl sites for hydroxylation is 1. The average Bonchev–Trinajstić information content (AvgIpc) is 3.27. The Morgan fingerprint density at radius 2 is 1.74 bits per heavy atom. The molecule has 0 spiro atoms. The summed E-state index contributed by atoms with van der Waals surface area (Å²) in [5, 5.41) is 13.0. The van der Waals surface area contributed by atoms with Gasteiger partial charge in [0.15, 0.2) is 0 Å². The number of thiazole rings is 1. The first-order valence-electron chi connectivity index (χ1n) is 12.5. The highest BCUT2D eigenvalue weighted by molar-refractivity contribution is 8.00. The highest BCUT2D eigenvalue weighted by Gasteiger charge is 2.51. The van der Waals surface area contributed by atoms with Gasteiger partial charge in [-0.25, -0.2) is 9.78 Å². The molecule has 7 nitrogen and oxygen atoms in total. The van der Waals surface area contributed by atoms with Gasteiger partial charge in [-0.3, -0.25) is 9.69 Å². The fourth-order valence-corrected chi connectivity index (χ4v) is 7.15. The van der Waals surface area contributed by atoms with Crippen molar-refractivity contribution < 1.29 is 14.7 Å². The van der Waals surface area contributed by atoms with E-state index >= 15 is 0 Å². The zero-order valence-electron chi connectivity index (χ0n) is 19.9. The van der Waals surface area contributed by atoms with Gasteiger partial charge in [0, 0.05) is 22.7 Å². The highest BCUT2D eigenvalue weighted by atomic mass is 32.2. The lowest BCUT2D eigenvalue weighted by molar-refractivity contribution is -0.147. The van der Waals surface area contributed by atoms with Crippen molar-refractivity contribution in [2.75, 3.05) is 5.75 Å². The summed E-state index contributed by atoms with van der Waals surface area (Å²) < 4.78 is 0. The molecule has 4 N–H and O–H groups in total. The molecule has 9 heteroatoms. The monoisotopic (exact) mass is 504 g/mol. The van der Waals surface area contributed by atoms with Crippen LogP contribution in [0.4, 0.5) is 0 Å². The molecular weight excluding hydrogens is 468 g/mol. The van der Waals surface area contributed by atoms with Gasteiger partial charge in [0.05, 0.1) is 11.2 Å². The van der Waals surface area contributed by atoms with Crippen molar-refractivity contribution in [1.29, 1.82) is 0 Å². The van der Waals surface area contributed by atoms with Gasteiger partial charge in [-0.2, -0.15) is 0 Å². The zero-order valence-corrected chi connectivity index (χ0v) is 21.5. The van der Waals surface area contributed by atoms with Crippen molar-refractivity contribution in [3.63, 3.8) is 0 Å². The maximum atomic E-state index is 11.8. The van der Waals surface area contributed by atoms with Gasteiger partial charge < -0.3 is 16.2 Å². The standard InChI is InChI=1S/C13H13N3O3S2.C12H23N/c1-6-8(21-5-15-6)3-2-7-4-20-12-9(14)11(17)16(12)10(7)13(18)19;1-3-7-11(8-4-1)13-12-9-5-2-6-10-12/h2-3,5,9,12H,4,14H2,1H3,(H,18,19);11-13H,1-10H2/b3-2-;/t9-,12-;/m1./s1. The second-order valence-corrected chi connectivity index (χ2v) is 11.6. The molecule has 1 amide bonds. The number of β-lactam (4-membered cyclic amide) rings is 1. The normalized spacial score (nSPS) is 26.2. The molecule has 1 saturated heterocycles. The summed E-state index contributed by atoms with van der Waals surface area (Å²) in [6.45, 7) is 1.90. The SMILES string of the molecule is C1CCC(NC2CCCCC2)CC1.Cc1ncsc1/C=C\C1=C(C(=O)O)N2C(=O)[C@@H](N)[C@H]2SC1. The van der Waals surface area contributed by atoms with Crippen LogP contribution in [-0.2, 0) is 9.59 Å². The van der Waals surface area contributed by atoms with Crippen LogP contribution in [0, 0.1) is 6.92 Å². The van der Waals surface area contributed by atoms with E-state index in [2.05, 4.69) is 10.3 Å². The molecule has 34 heavy (non-hydrogen) atoms. The number of hydrogen-bond acceptors (Lipinski definition) is 7. The number of carbonyl (C=O) groups is 2. The number of fused-ring (bicyclic) bond motifs is 1. The fraction of sp³-hybridized carbons (Fsp3) is 0.640. The van der Waals surface area contributed by atoms with Gasteiger partial charge >= 0.3 is 5.97 Å². The molecule has 4 aliphatic rings. The molecule has 5 rings (SSSR count). The molecular formula is C25H36N4O3S2. The number of thioether (sulfide) groups is 1. The number of carboxylic acid groups (broad SMARTS) is 1. The molecule has 2 aliphatic heterocycles. The molecule has 186 valence electrons. The van der Waals surface area contributed by atoms with Crippen molar-refractivity contribution in [2.45, 2.75) is 94.6 Å². The third-order valence-corrected chi connectivity index (χ3v) is 9.36. The van der Waals surface area contributed by atoms with E-state index in [0.29, 0.717) is 11.3 Å². The summed E-state index contributed by atoms with van der Waals surface area (Å²) in [5.74, 6) is -0.899. The summed E-state index contributed by atoms with van der Waals surface area (Å²) >= 11 is 2.98. The predicted octanol–water partition coefficient (Wildman–Crippen LogP) is 4.29. The number of aromatic nitrogens is 1. The molecule has 2 saturated carbocycles. The van der Waals surface area contributed by atoms with E-state index in [4.69, 9.17) is 5.73 Å². The lowest BCUT2D eigenvalue weighted by Crippen LogP contribution is -2.68. The van der Waals surface area contributed by atoms with Crippen molar-refractivity contribution in [1.82, 2.24) is 15.2 Å². The van der Waals surface area contributed by atoms with Crippen LogP contribution in [0.3, 0.4) is 0 Å². The van der Waals surface area contributed by atoms with Crippen LogP contribution in [0.2, 0.25) is 0 Å². The molecule has 2 atom stereocenters. The number of carboxylic acids is 1. The lowest BCUT2D eigenvalue weighted by atomic mass is 9.91. The van der Waals surface area contributed by atoms with Crippen molar-refractivity contribution in [2.24, 2.45) is 5.73 Å². The molecule has 1 aromatic heterocycles. The number of hydrogen-bond donors (Lipinski definition) is 3. The Balaban J connectivity index is 0.000000180. The van der Waals surface area contributed by atoms with Gasteiger partial charge in [0.2, 0.25) is 5.91 Å². The van der Waals surface area contributed by atoms with E-state index in [1.165, 1.54) is 92.2 Å². The van der Waals surface area contributed by atoms with E-state index in [-0.39, 0.29) is 17.0 Å². The molecule has 0 unspecified atom stereocenters. The van der Waals surface area contributed by atoms with Crippen molar-refractivity contribution >= 4 is 41.1 Å². The third-order valence-electron chi connectivity index (χ3n) is 7.14. The first-order valence-corrected chi connectivity index (χ1v) is 14.4. The number of carbonyl (C=O) groups excluding carboxylic acids is 1. The minimum Gasteiger partial charge on any atom is -0.477 e. The minimum atomic E-state index is -1.10. The quantitative estimate of drug-likeness (QED) is 0.513. The Kier molecular flexibility index (Phi) is 8.85. The van der Waals surface area contributed by atoms with Crippen LogP contribution in [0.15, 0.2) is 22.9 Å². The van der Waals surface area contributed by atoms with Gasteiger partial charge in [0.1, 0.15) is 17.1 Å². The predicted molar refractivity (Wildman–Crippen MR) is 138 cm³/mol. The van der Waals surface area contributed by atoms with Gasteiger partial charge in [0.25, 0.3) is 0 Å². The van der Waals surface area contributed by atoms with Crippen molar-refractivity contribution in [3.8, 4) is 0 Å². The van der Waals surface area contributed by atoms with Crippen LogP contribution in [0.1, 0.15) is 74.8 Å². The third kappa shape index (κ3) is 5.93. The summed E-state index contributed by atoms with van der Waals surface area (Å²) in [7, 11) is 0. The summed E-state index contributed by atoms with van der Waals surface area (Å²) in [5.41, 5.74) is 9.01. The van der Waals surface area contributed by atoms with E-state index < -0.39 is 12.0 Å². The van der Waals surface area contributed by atoms with Crippen LogP contribution in [0.5, 0.6) is 0 Å². The highest BCUT2D eigenvalue weighted by Crippen LogP contribution is 2.40. The first kappa shape index (κ1) is 25.4. The van der Waals surface area contributed by atoms with Gasteiger partial charge in [-0.15, -0.1) is 23.1 Å². The first-order chi connectivity index (χ1) is 16.5. The molecule has 3 fully saturated rings. The summed E-state index contributed by atoms with van der Waals surface area (Å²) in [6.07, 6.45) is 18.2. The van der Waals surface area contributed by atoms with E-state index in [1.54, 1.807) is 11.6 Å². The summed E-state index contributed by atoms with van der Waals surface area (Å²) in [4.78, 5) is 29.7. The van der Waals surface area contributed by atoms with Crippen molar-refractivity contribution in [3.05, 3.63) is 33.4 Å². The fourth-order valence-electron chi connectivity index (χ4n) is 5.19. The van der Waals surface area contributed by atoms with Crippen LogP contribution >= 0.6 is 23.1 Å². The molecule has 1 aromatic rings. The Morgan fingerprint density at radius 3 is 2.26 bits per heavy atom. The van der Waals surface area contributed by atoms with Gasteiger partial charge in [-0.1, -0.05) is 44.6 Å². The maximum Gasteiger partial charge on any atom is 0.352 e. The number of amides is 1. The number of allylic oxidation sites excluding steroid dienone is 1. The second-order valence-electron chi connectivity index (χ2n) is 9.59.